The molecule has 0 spiro atoms. The molecule has 2 atom stereocenters. The molecule has 1 fully saturated rings. The summed E-state index contributed by atoms with van der Waals surface area (Å²) >= 11 is 0. The zero-order valence-electron chi connectivity index (χ0n) is 9.17. The molecule has 0 radical (unpaired) electrons. The van der Waals surface area contributed by atoms with Crippen LogP contribution < -0.4 is 5.32 Å². The average Bonchev–Trinajstić information content (AvgIpc) is 2.41. The number of hydrogen-bond donors (Lipinski definition) is 1. The van der Waals surface area contributed by atoms with Gasteiger partial charge in [-0.3, -0.25) is 14.9 Å². The molecule has 0 bridgehead atoms. The van der Waals surface area contributed by atoms with Crippen LogP contribution in [0.2, 0.25) is 0 Å². The van der Waals surface area contributed by atoms with Crippen LogP contribution in [-0.4, -0.2) is 11.8 Å². The molecule has 1 N–H and O–H groups in total. The topological polar surface area (TPSA) is 46.2 Å². The Labute approximate surface area is 85.3 Å². The van der Waals surface area contributed by atoms with E-state index in [2.05, 4.69) is 26.1 Å². The lowest BCUT2D eigenvalue weighted by molar-refractivity contribution is -0.126. The van der Waals surface area contributed by atoms with Crippen LogP contribution in [0.4, 0.5) is 0 Å². The van der Waals surface area contributed by atoms with E-state index in [0.29, 0.717) is 18.3 Å². The van der Waals surface area contributed by atoms with Gasteiger partial charge >= 0.3 is 0 Å². The summed E-state index contributed by atoms with van der Waals surface area (Å²) in [6, 6.07) is 0. The van der Waals surface area contributed by atoms with E-state index >= 15 is 0 Å². The number of carbonyl (C=O) groups excluding carboxylic acids is 2. The van der Waals surface area contributed by atoms with E-state index in [4.69, 9.17) is 0 Å². The van der Waals surface area contributed by atoms with Gasteiger partial charge in [-0.25, -0.2) is 0 Å². The van der Waals surface area contributed by atoms with E-state index in [9.17, 15) is 9.59 Å². The van der Waals surface area contributed by atoms with E-state index in [1.54, 1.807) is 0 Å². The minimum atomic E-state index is -0.114. The molecule has 0 aromatic carbocycles. The Kier molecular flexibility index (Phi) is 3.67. The number of amides is 2. The largest absolute Gasteiger partial charge is 0.296 e. The molecule has 3 nitrogen and oxygen atoms in total. The van der Waals surface area contributed by atoms with Crippen LogP contribution in [0.1, 0.15) is 40.0 Å². The Hall–Kier alpha value is -0.860. The fourth-order valence-corrected chi connectivity index (χ4v) is 1.83. The van der Waals surface area contributed by atoms with E-state index in [0.717, 1.165) is 12.8 Å². The molecule has 80 valence electrons. The minimum absolute atomic E-state index is 0.0775. The molecule has 2 unspecified atom stereocenters. The summed E-state index contributed by atoms with van der Waals surface area (Å²) in [6.07, 6.45) is 2.54. The van der Waals surface area contributed by atoms with Crippen LogP contribution in [-0.2, 0) is 9.59 Å². The first-order valence-electron chi connectivity index (χ1n) is 5.34. The quantitative estimate of drug-likeness (QED) is 0.697. The summed E-state index contributed by atoms with van der Waals surface area (Å²) in [5.41, 5.74) is 0. The second kappa shape index (κ2) is 4.58. The second-order valence-electron chi connectivity index (χ2n) is 4.67. The van der Waals surface area contributed by atoms with Crippen molar-refractivity contribution < 1.29 is 9.59 Å². The monoisotopic (exact) mass is 197 g/mol. The Bertz CT molecular complexity index is 235. The average molecular weight is 197 g/mol. The predicted molar refractivity (Wildman–Crippen MR) is 54.5 cm³/mol. The summed E-state index contributed by atoms with van der Waals surface area (Å²) in [5, 5.41) is 2.36. The van der Waals surface area contributed by atoms with Crippen LogP contribution in [0.3, 0.4) is 0 Å². The Morgan fingerprint density at radius 2 is 1.93 bits per heavy atom. The lowest BCUT2D eigenvalue weighted by Crippen LogP contribution is -2.25. The molecule has 3 heteroatoms. The number of carbonyl (C=O) groups is 2. The van der Waals surface area contributed by atoms with Crippen LogP contribution in [0.5, 0.6) is 0 Å². The lowest BCUT2D eigenvalue weighted by Gasteiger charge is -2.16. The smallest absolute Gasteiger partial charge is 0.230 e. The van der Waals surface area contributed by atoms with Gasteiger partial charge in [0.15, 0.2) is 0 Å². The highest BCUT2D eigenvalue weighted by atomic mass is 16.2. The third kappa shape index (κ3) is 2.82. The van der Waals surface area contributed by atoms with Crippen molar-refractivity contribution in [1.82, 2.24) is 5.32 Å². The SMILES string of the molecule is CC(C)CCC(C)C1CC(=O)NC1=O. The molecule has 0 aromatic heterocycles. The van der Waals surface area contributed by atoms with Gasteiger partial charge in [0, 0.05) is 12.3 Å². The summed E-state index contributed by atoms with van der Waals surface area (Å²) in [4.78, 5) is 22.3. The van der Waals surface area contributed by atoms with Gasteiger partial charge in [-0.1, -0.05) is 27.2 Å². The van der Waals surface area contributed by atoms with E-state index < -0.39 is 0 Å². The van der Waals surface area contributed by atoms with Crippen molar-refractivity contribution in [3.63, 3.8) is 0 Å². The first kappa shape index (κ1) is 11.2. The zero-order chi connectivity index (χ0) is 10.7. The summed E-state index contributed by atoms with van der Waals surface area (Å²) in [7, 11) is 0. The molecule has 14 heavy (non-hydrogen) atoms. The van der Waals surface area contributed by atoms with Crippen molar-refractivity contribution in [1.29, 1.82) is 0 Å². The maximum Gasteiger partial charge on any atom is 0.230 e. The number of hydrogen-bond acceptors (Lipinski definition) is 2. The lowest BCUT2D eigenvalue weighted by atomic mass is 9.87. The zero-order valence-corrected chi connectivity index (χ0v) is 9.17. The van der Waals surface area contributed by atoms with Gasteiger partial charge < -0.3 is 0 Å². The Morgan fingerprint density at radius 1 is 1.29 bits per heavy atom. The van der Waals surface area contributed by atoms with Crippen LogP contribution >= 0.6 is 0 Å². The maximum absolute atomic E-state index is 11.3. The maximum atomic E-state index is 11.3. The van der Waals surface area contributed by atoms with E-state index in [1.165, 1.54) is 0 Å². The van der Waals surface area contributed by atoms with Gasteiger partial charge in [0.2, 0.25) is 11.8 Å². The second-order valence-corrected chi connectivity index (χ2v) is 4.67. The van der Waals surface area contributed by atoms with Gasteiger partial charge in [-0.05, 0) is 18.3 Å². The third-order valence-corrected chi connectivity index (χ3v) is 2.89. The Morgan fingerprint density at radius 3 is 2.36 bits per heavy atom. The summed E-state index contributed by atoms with van der Waals surface area (Å²) in [6.45, 7) is 6.41. The van der Waals surface area contributed by atoms with Crippen molar-refractivity contribution in [2.24, 2.45) is 17.8 Å². The van der Waals surface area contributed by atoms with Crippen LogP contribution in [0.25, 0.3) is 0 Å². The first-order chi connectivity index (χ1) is 6.50. The fraction of sp³-hybridized carbons (Fsp3) is 0.818. The number of rotatable bonds is 4. The summed E-state index contributed by atoms with van der Waals surface area (Å²) in [5.74, 6) is 0.713. The minimum Gasteiger partial charge on any atom is -0.296 e. The van der Waals surface area contributed by atoms with Gasteiger partial charge in [0.05, 0.1) is 0 Å². The molecular formula is C11H19NO2. The molecular weight excluding hydrogens is 178 g/mol. The van der Waals surface area contributed by atoms with Crippen molar-refractivity contribution in [2.75, 3.05) is 0 Å². The van der Waals surface area contributed by atoms with Gasteiger partial charge in [0.25, 0.3) is 0 Å². The summed E-state index contributed by atoms with van der Waals surface area (Å²) < 4.78 is 0. The first-order valence-corrected chi connectivity index (χ1v) is 5.34. The van der Waals surface area contributed by atoms with Crippen LogP contribution in [0, 0.1) is 17.8 Å². The highest BCUT2D eigenvalue weighted by molar-refractivity contribution is 6.03. The fourth-order valence-electron chi connectivity index (χ4n) is 1.83. The van der Waals surface area contributed by atoms with E-state index in [-0.39, 0.29) is 17.7 Å². The highest BCUT2D eigenvalue weighted by Gasteiger charge is 2.34. The number of imide groups is 1. The van der Waals surface area contributed by atoms with Crippen molar-refractivity contribution in [3.05, 3.63) is 0 Å². The Balaban J connectivity index is 2.40. The molecule has 1 heterocycles. The van der Waals surface area contributed by atoms with Crippen LogP contribution in [0.15, 0.2) is 0 Å². The molecule has 1 rings (SSSR count). The van der Waals surface area contributed by atoms with Gasteiger partial charge in [-0.2, -0.15) is 0 Å². The van der Waals surface area contributed by atoms with E-state index in [1.807, 2.05) is 0 Å². The van der Waals surface area contributed by atoms with Gasteiger partial charge in [0.1, 0.15) is 0 Å². The van der Waals surface area contributed by atoms with Gasteiger partial charge in [-0.15, -0.1) is 0 Å². The molecule has 1 aliphatic heterocycles. The standard InChI is InChI=1S/C11H19NO2/c1-7(2)4-5-8(3)9-6-10(13)12-11(9)14/h7-9H,4-6H2,1-3H3,(H,12,13,14). The van der Waals surface area contributed by atoms with Crippen molar-refractivity contribution in [2.45, 2.75) is 40.0 Å². The molecule has 1 aliphatic rings. The molecule has 0 aromatic rings. The molecule has 1 saturated heterocycles. The molecule has 0 saturated carbocycles. The van der Waals surface area contributed by atoms with Crippen molar-refractivity contribution in [3.8, 4) is 0 Å². The normalized spacial score (nSPS) is 24.1. The third-order valence-electron chi connectivity index (χ3n) is 2.89. The molecule has 2 amide bonds. The predicted octanol–water partition coefficient (Wildman–Crippen LogP) is 1.72. The number of nitrogens with one attached hydrogen (secondary N) is 1. The highest BCUT2D eigenvalue weighted by Crippen LogP contribution is 2.25. The van der Waals surface area contributed by atoms with Crippen molar-refractivity contribution >= 4 is 11.8 Å². The molecule has 0 aliphatic carbocycles.